The molecule has 2 rings (SSSR count). The van der Waals surface area contributed by atoms with E-state index in [0.29, 0.717) is 26.4 Å². The molecule has 0 heterocycles. The minimum Gasteiger partial charge on any atom is -0.491 e. The van der Waals surface area contributed by atoms with E-state index in [1.807, 2.05) is 67.5 Å². The summed E-state index contributed by atoms with van der Waals surface area (Å²) in [6, 6.07) is 15.4. The maximum absolute atomic E-state index is 12.1. The van der Waals surface area contributed by atoms with Crippen molar-refractivity contribution in [3.63, 3.8) is 0 Å². The SMILES string of the molecule is CN(C)c1ccc(/C=C/C(=O)/C=C/c2ccc(OCCOCCOCCF)cc2)cc1. The van der Waals surface area contributed by atoms with Crippen molar-refractivity contribution in [1.82, 2.24) is 0 Å². The maximum atomic E-state index is 12.1. The Bertz CT molecular complexity index is 830. The Morgan fingerprint density at radius 1 is 0.806 bits per heavy atom. The molecule has 0 amide bonds. The van der Waals surface area contributed by atoms with Gasteiger partial charge in [-0.1, -0.05) is 36.4 Å². The van der Waals surface area contributed by atoms with E-state index in [2.05, 4.69) is 0 Å². The molecular weight excluding hydrogens is 397 g/mol. The van der Waals surface area contributed by atoms with Gasteiger partial charge in [-0.05, 0) is 47.5 Å². The lowest BCUT2D eigenvalue weighted by molar-refractivity contribution is -0.110. The highest BCUT2D eigenvalue weighted by Gasteiger charge is 1.97. The van der Waals surface area contributed by atoms with E-state index in [4.69, 9.17) is 14.2 Å². The maximum Gasteiger partial charge on any atom is 0.178 e. The molecule has 0 aliphatic heterocycles. The van der Waals surface area contributed by atoms with Crippen LogP contribution in [0.25, 0.3) is 12.2 Å². The summed E-state index contributed by atoms with van der Waals surface area (Å²) in [4.78, 5) is 14.1. The Morgan fingerprint density at radius 3 is 1.87 bits per heavy atom. The van der Waals surface area contributed by atoms with Crippen LogP contribution in [0.4, 0.5) is 10.1 Å². The number of allylic oxidation sites excluding steroid dienone is 2. The van der Waals surface area contributed by atoms with E-state index in [-0.39, 0.29) is 12.4 Å². The van der Waals surface area contributed by atoms with Crippen LogP contribution in [-0.4, -0.2) is 59.6 Å². The summed E-state index contributed by atoms with van der Waals surface area (Å²) >= 11 is 0. The summed E-state index contributed by atoms with van der Waals surface area (Å²) in [5, 5.41) is 0. The number of hydrogen-bond donors (Lipinski definition) is 0. The average Bonchev–Trinajstić information content (AvgIpc) is 2.79. The van der Waals surface area contributed by atoms with Gasteiger partial charge in [0, 0.05) is 19.8 Å². The summed E-state index contributed by atoms with van der Waals surface area (Å²) < 4.78 is 27.7. The van der Waals surface area contributed by atoms with E-state index in [1.165, 1.54) is 0 Å². The first-order valence-corrected chi connectivity index (χ1v) is 10.2. The van der Waals surface area contributed by atoms with Gasteiger partial charge in [0.2, 0.25) is 0 Å². The van der Waals surface area contributed by atoms with Crippen molar-refractivity contribution in [3.8, 4) is 5.75 Å². The van der Waals surface area contributed by atoms with Crippen LogP contribution in [0.2, 0.25) is 0 Å². The van der Waals surface area contributed by atoms with E-state index >= 15 is 0 Å². The van der Waals surface area contributed by atoms with Crippen molar-refractivity contribution in [2.75, 3.05) is 58.7 Å². The van der Waals surface area contributed by atoms with E-state index in [0.717, 1.165) is 22.6 Å². The lowest BCUT2D eigenvalue weighted by Gasteiger charge is -2.11. The van der Waals surface area contributed by atoms with Gasteiger partial charge < -0.3 is 19.1 Å². The van der Waals surface area contributed by atoms with Crippen LogP contribution in [0.1, 0.15) is 11.1 Å². The number of ketones is 1. The molecule has 5 nitrogen and oxygen atoms in total. The van der Waals surface area contributed by atoms with Crippen LogP contribution in [-0.2, 0) is 14.3 Å². The summed E-state index contributed by atoms with van der Waals surface area (Å²) in [5.74, 6) is 0.645. The highest BCUT2D eigenvalue weighted by molar-refractivity contribution is 6.04. The van der Waals surface area contributed by atoms with Crippen molar-refractivity contribution >= 4 is 23.6 Å². The quantitative estimate of drug-likeness (QED) is 0.330. The molecule has 2 aromatic rings. The Morgan fingerprint density at radius 2 is 1.32 bits per heavy atom. The van der Waals surface area contributed by atoms with Gasteiger partial charge in [-0.25, -0.2) is 4.39 Å². The number of halogens is 1. The molecule has 0 N–H and O–H groups in total. The van der Waals surface area contributed by atoms with Crippen molar-refractivity contribution in [2.24, 2.45) is 0 Å². The third kappa shape index (κ3) is 10.1. The highest BCUT2D eigenvalue weighted by Crippen LogP contribution is 2.14. The Kier molecular flexibility index (Phi) is 11.1. The van der Waals surface area contributed by atoms with Gasteiger partial charge in [0.1, 0.15) is 19.0 Å². The predicted molar refractivity (Wildman–Crippen MR) is 123 cm³/mol. The third-order valence-electron chi connectivity index (χ3n) is 4.26. The summed E-state index contributed by atoms with van der Waals surface area (Å²) in [6.45, 7) is 1.26. The van der Waals surface area contributed by atoms with Crippen molar-refractivity contribution < 1.29 is 23.4 Å². The fourth-order valence-corrected chi connectivity index (χ4v) is 2.57. The molecule has 2 aromatic carbocycles. The lowest BCUT2D eigenvalue weighted by atomic mass is 10.1. The Hall–Kier alpha value is -2.96. The zero-order valence-corrected chi connectivity index (χ0v) is 18.1. The third-order valence-corrected chi connectivity index (χ3v) is 4.26. The molecule has 0 unspecified atom stereocenters. The van der Waals surface area contributed by atoms with Gasteiger partial charge >= 0.3 is 0 Å². The molecule has 0 saturated heterocycles. The summed E-state index contributed by atoms with van der Waals surface area (Å²) in [5.41, 5.74) is 3.00. The predicted octanol–water partition coefficient (Wildman–Crippen LogP) is 4.43. The van der Waals surface area contributed by atoms with Gasteiger partial charge in [0.05, 0.1) is 26.4 Å². The molecule has 0 atom stereocenters. The zero-order chi connectivity index (χ0) is 22.3. The molecule has 0 radical (unpaired) electrons. The largest absolute Gasteiger partial charge is 0.491 e. The molecule has 0 saturated carbocycles. The molecule has 6 heteroatoms. The molecule has 0 aliphatic carbocycles. The van der Waals surface area contributed by atoms with Crippen LogP contribution in [0.5, 0.6) is 5.75 Å². The zero-order valence-electron chi connectivity index (χ0n) is 18.1. The molecule has 0 fully saturated rings. The number of benzene rings is 2. The summed E-state index contributed by atoms with van der Waals surface area (Å²) in [6.07, 6.45) is 6.67. The van der Waals surface area contributed by atoms with Crippen LogP contribution in [0.15, 0.2) is 60.7 Å². The number of ether oxygens (including phenoxy) is 3. The normalized spacial score (nSPS) is 11.3. The minimum absolute atomic E-state index is 0.0790. The number of nitrogens with zero attached hydrogens (tertiary/aromatic N) is 1. The second-order valence-electron chi connectivity index (χ2n) is 6.89. The molecule has 31 heavy (non-hydrogen) atoms. The van der Waals surface area contributed by atoms with E-state index < -0.39 is 6.67 Å². The number of anilines is 1. The van der Waals surface area contributed by atoms with Gasteiger partial charge in [-0.2, -0.15) is 0 Å². The number of alkyl halides is 1. The van der Waals surface area contributed by atoms with Crippen LogP contribution < -0.4 is 9.64 Å². The fourth-order valence-electron chi connectivity index (χ4n) is 2.57. The highest BCUT2D eigenvalue weighted by atomic mass is 19.1. The number of carbonyl (C=O) groups excluding carboxylic acids is 1. The van der Waals surface area contributed by atoms with Gasteiger partial charge in [-0.15, -0.1) is 0 Å². The Balaban J connectivity index is 1.70. The molecule has 0 spiro atoms. The summed E-state index contributed by atoms with van der Waals surface area (Å²) in [7, 11) is 3.98. The molecule has 0 aliphatic rings. The van der Waals surface area contributed by atoms with Crippen molar-refractivity contribution in [3.05, 3.63) is 71.8 Å². The smallest absolute Gasteiger partial charge is 0.178 e. The van der Waals surface area contributed by atoms with Crippen molar-refractivity contribution in [2.45, 2.75) is 0 Å². The lowest BCUT2D eigenvalue weighted by Crippen LogP contribution is -2.11. The van der Waals surface area contributed by atoms with Gasteiger partial charge in [0.15, 0.2) is 5.78 Å². The Labute approximate surface area is 183 Å². The second kappa shape index (κ2) is 14.1. The van der Waals surface area contributed by atoms with Gasteiger partial charge in [-0.3, -0.25) is 4.79 Å². The van der Waals surface area contributed by atoms with Crippen LogP contribution in [0.3, 0.4) is 0 Å². The first kappa shape index (κ1) is 24.3. The van der Waals surface area contributed by atoms with E-state index in [9.17, 15) is 9.18 Å². The molecule has 166 valence electrons. The van der Waals surface area contributed by atoms with Crippen molar-refractivity contribution in [1.29, 1.82) is 0 Å². The molecule has 0 aromatic heterocycles. The monoisotopic (exact) mass is 427 g/mol. The van der Waals surface area contributed by atoms with E-state index in [1.54, 1.807) is 24.3 Å². The topological polar surface area (TPSA) is 48.0 Å². The number of carbonyl (C=O) groups is 1. The first-order valence-electron chi connectivity index (χ1n) is 10.2. The average molecular weight is 428 g/mol. The fraction of sp³-hybridized carbons (Fsp3) is 0.320. The molecular formula is C25H30FNO4. The van der Waals surface area contributed by atoms with Gasteiger partial charge in [0.25, 0.3) is 0 Å². The number of rotatable bonds is 14. The van der Waals surface area contributed by atoms with Crippen LogP contribution >= 0.6 is 0 Å². The second-order valence-corrected chi connectivity index (χ2v) is 6.89. The standard InChI is InChI=1S/C25H30FNO4/c1-27(2)23-9-3-21(4-10-23)5-11-24(28)12-6-22-7-13-25(14-8-22)31-20-19-30-18-17-29-16-15-26/h3-14H,15-20H2,1-2H3/b11-5+,12-6+. The molecule has 0 bridgehead atoms. The minimum atomic E-state index is -0.481. The van der Waals surface area contributed by atoms with Crippen LogP contribution in [0, 0.1) is 0 Å². The number of hydrogen-bond acceptors (Lipinski definition) is 5. The first-order chi connectivity index (χ1) is 15.1.